The van der Waals surface area contributed by atoms with E-state index in [-0.39, 0.29) is 5.91 Å². The van der Waals surface area contributed by atoms with Gasteiger partial charge in [-0.25, -0.2) is 4.52 Å². The second-order valence-electron chi connectivity index (χ2n) is 5.01. The zero-order valence-electron chi connectivity index (χ0n) is 12.3. The zero-order chi connectivity index (χ0) is 15.4. The van der Waals surface area contributed by atoms with E-state index in [9.17, 15) is 4.79 Å². The van der Waals surface area contributed by atoms with Crippen LogP contribution in [-0.2, 0) is 17.8 Å². The second kappa shape index (κ2) is 6.30. The maximum absolute atomic E-state index is 12.1. The molecule has 0 aliphatic carbocycles. The Bertz CT molecular complexity index is 795. The fourth-order valence-corrected chi connectivity index (χ4v) is 2.35. The molecule has 0 aliphatic rings. The van der Waals surface area contributed by atoms with Crippen molar-refractivity contribution < 1.29 is 9.53 Å². The SMILES string of the molecule is COc1cccc(CC(=O)NCc2cnn3ccccc23)c1. The Labute approximate surface area is 128 Å². The molecule has 1 aromatic carbocycles. The predicted molar refractivity (Wildman–Crippen MR) is 83.7 cm³/mol. The van der Waals surface area contributed by atoms with E-state index in [0.717, 1.165) is 22.4 Å². The molecule has 2 heterocycles. The Hall–Kier alpha value is -2.82. The highest BCUT2D eigenvalue weighted by Crippen LogP contribution is 2.13. The van der Waals surface area contributed by atoms with Gasteiger partial charge in [-0.2, -0.15) is 5.10 Å². The number of aromatic nitrogens is 2. The van der Waals surface area contributed by atoms with Crippen molar-refractivity contribution >= 4 is 11.4 Å². The van der Waals surface area contributed by atoms with Crippen LogP contribution >= 0.6 is 0 Å². The number of ether oxygens (including phenoxy) is 1. The third-order valence-corrected chi connectivity index (χ3v) is 3.48. The van der Waals surface area contributed by atoms with Gasteiger partial charge in [-0.05, 0) is 29.8 Å². The van der Waals surface area contributed by atoms with Gasteiger partial charge in [0.15, 0.2) is 0 Å². The van der Waals surface area contributed by atoms with E-state index in [1.165, 1.54) is 0 Å². The topological polar surface area (TPSA) is 55.6 Å². The van der Waals surface area contributed by atoms with Crippen LogP contribution in [0.2, 0.25) is 0 Å². The van der Waals surface area contributed by atoms with E-state index in [4.69, 9.17) is 4.74 Å². The molecule has 3 rings (SSSR count). The highest BCUT2D eigenvalue weighted by Gasteiger charge is 2.07. The fraction of sp³-hybridized carbons (Fsp3) is 0.176. The fourth-order valence-electron chi connectivity index (χ4n) is 2.35. The Balaban J connectivity index is 1.62. The number of nitrogens with zero attached hydrogens (tertiary/aromatic N) is 2. The summed E-state index contributed by atoms with van der Waals surface area (Å²) in [5, 5.41) is 7.18. The molecule has 0 saturated heterocycles. The average molecular weight is 295 g/mol. The quantitative estimate of drug-likeness (QED) is 0.785. The summed E-state index contributed by atoms with van der Waals surface area (Å²) in [7, 11) is 1.62. The minimum Gasteiger partial charge on any atom is -0.497 e. The molecular weight excluding hydrogens is 278 g/mol. The minimum absolute atomic E-state index is 0.0245. The number of carbonyl (C=O) groups is 1. The molecule has 22 heavy (non-hydrogen) atoms. The summed E-state index contributed by atoms with van der Waals surface area (Å²) in [6, 6.07) is 13.4. The van der Waals surface area contributed by atoms with Gasteiger partial charge in [0.25, 0.3) is 0 Å². The predicted octanol–water partition coefficient (Wildman–Crippen LogP) is 2.20. The Morgan fingerprint density at radius 1 is 1.27 bits per heavy atom. The molecule has 2 aromatic heterocycles. The molecule has 5 nitrogen and oxygen atoms in total. The van der Waals surface area contributed by atoms with E-state index >= 15 is 0 Å². The first-order chi connectivity index (χ1) is 10.8. The number of pyridine rings is 1. The molecule has 5 heteroatoms. The zero-order valence-corrected chi connectivity index (χ0v) is 12.3. The third-order valence-electron chi connectivity index (χ3n) is 3.48. The van der Waals surface area contributed by atoms with Crippen LogP contribution in [0.4, 0.5) is 0 Å². The molecular formula is C17H17N3O2. The molecule has 0 saturated carbocycles. The highest BCUT2D eigenvalue weighted by molar-refractivity contribution is 5.78. The van der Waals surface area contributed by atoms with Crippen LogP contribution in [0.1, 0.15) is 11.1 Å². The van der Waals surface area contributed by atoms with Crippen molar-refractivity contribution in [3.63, 3.8) is 0 Å². The van der Waals surface area contributed by atoms with Gasteiger partial charge < -0.3 is 10.1 Å². The summed E-state index contributed by atoms with van der Waals surface area (Å²) in [6.07, 6.45) is 3.99. The number of rotatable bonds is 5. The van der Waals surface area contributed by atoms with Crippen molar-refractivity contribution in [2.24, 2.45) is 0 Å². The highest BCUT2D eigenvalue weighted by atomic mass is 16.5. The summed E-state index contributed by atoms with van der Waals surface area (Å²) in [5.74, 6) is 0.733. The Morgan fingerprint density at radius 3 is 3.05 bits per heavy atom. The first-order valence-corrected chi connectivity index (χ1v) is 7.07. The number of carbonyl (C=O) groups excluding carboxylic acids is 1. The van der Waals surface area contributed by atoms with E-state index in [1.54, 1.807) is 17.8 Å². The minimum atomic E-state index is -0.0245. The van der Waals surface area contributed by atoms with E-state index in [2.05, 4.69) is 10.4 Å². The van der Waals surface area contributed by atoms with Gasteiger partial charge >= 0.3 is 0 Å². The molecule has 0 radical (unpaired) electrons. The van der Waals surface area contributed by atoms with E-state index in [1.807, 2.05) is 48.7 Å². The van der Waals surface area contributed by atoms with Gasteiger partial charge in [-0.3, -0.25) is 4.79 Å². The van der Waals surface area contributed by atoms with Gasteiger partial charge in [0, 0.05) is 18.3 Å². The van der Waals surface area contributed by atoms with Crippen molar-refractivity contribution in [1.82, 2.24) is 14.9 Å². The number of hydrogen-bond acceptors (Lipinski definition) is 3. The third kappa shape index (κ3) is 3.09. The van der Waals surface area contributed by atoms with Gasteiger partial charge in [0.05, 0.1) is 25.2 Å². The summed E-state index contributed by atoms with van der Waals surface area (Å²) in [4.78, 5) is 12.1. The number of amides is 1. The molecule has 112 valence electrons. The molecule has 0 spiro atoms. The number of benzene rings is 1. The number of fused-ring (bicyclic) bond motifs is 1. The lowest BCUT2D eigenvalue weighted by atomic mass is 10.1. The average Bonchev–Trinajstić information content (AvgIpc) is 2.96. The van der Waals surface area contributed by atoms with E-state index < -0.39 is 0 Å². The van der Waals surface area contributed by atoms with Crippen molar-refractivity contribution in [3.05, 3.63) is 66.0 Å². The molecule has 0 unspecified atom stereocenters. The normalized spacial score (nSPS) is 10.6. The van der Waals surface area contributed by atoms with Crippen molar-refractivity contribution in [1.29, 1.82) is 0 Å². The Morgan fingerprint density at radius 2 is 2.18 bits per heavy atom. The lowest BCUT2D eigenvalue weighted by Gasteiger charge is -2.06. The van der Waals surface area contributed by atoms with Crippen molar-refractivity contribution in [2.75, 3.05) is 7.11 Å². The molecule has 0 aliphatic heterocycles. The molecule has 0 bridgehead atoms. The summed E-state index contributed by atoms with van der Waals surface area (Å²) in [6.45, 7) is 0.469. The number of hydrogen-bond donors (Lipinski definition) is 1. The smallest absolute Gasteiger partial charge is 0.224 e. The largest absolute Gasteiger partial charge is 0.497 e. The summed E-state index contributed by atoms with van der Waals surface area (Å²) >= 11 is 0. The maximum Gasteiger partial charge on any atom is 0.224 e. The molecule has 0 fully saturated rings. The lowest BCUT2D eigenvalue weighted by molar-refractivity contribution is -0.120. The van der Waals surface area contributed by atoms with Crippen LogP contribution in [0, 0.1) is 0 Å². The first kappa shape index (κ1) is 14.1. The van der Waals surface area contributed by atoms with Crippen molar-refractivity contribution in [3.8, 4) is 5.75 Å². The molecule has 0 atom stereocenters. The maximum atomic E-state index is 12.1. The molecule has 3 aromatic rings. The lowest BCUT2D eigenvalue weighted by Crippen LogP contribution is -2.24. The molecule has 1 N–H and O–H groups in total. The molecule has 1 amide bonds. The number of methoxy groups -OCH3 is 1. The second-order valence-corrected chi connectivity index (χ2v) is 5.01. The van der Waals surface area contributed by atoms with Crippen LogP contribution in [0.3, 0.4) is 0 Å². The standard InChI is InChI=1S/C17H17N3O2/c1-22-15-6-4-5-13(9-15)10-17(21)18-11-14-12-19-20-8-3-2-7-16(14)20/h2-9,12H,10-11H2,1H3,(H,18,21). The number of nitrogens with one attached hydrogen (secondary N) is 1. The van der Waals surface area contributed by atoms with Crippen LogP contribution in [0.25, 0.3) is 5.52 Å². The van der Waals surface area contributed by atoms with E-state index in [0.29, 0.717) is 13.0 Å². The summed E-state index contributed by atoms with van der Waals surface area (Å²) in [5.41, 5.74) is 2.93. The Kier molecular flexibility index (Phi) is 4.05. The van der Waals surface area contributed by atoms with Crippen LogP contribution in [-0.4, -0.2) is 22.6 Å². The van der Waals surface area contributed by atoms with Crippen LogP contribution < -0.4 is 10.1 Å². The van der Waals surface area contributed by atoms with Crippen molar-refractivity contribution in [2.45, 2.75) is 13.0 Å². The first-order valence-electron chi connectivity index (χ1n) is 7.07. The monoisotopic (exact) mass is 295 g/mol. The van der Waals surface area contributed by atoms with Gasteiger partial charge in [0.1, 0.15) is 5.75 Å². The summed E-state index contributed by atoms with van der Waals surface area (Å²) < 4.78 is 6.96. The van der Waals surface area contributed by atoms with Gasteiger partial charge in [-0.15, -0.1) is 0 Å². The van der Waals surface area contributed by atoms with Crippen LogP contribution in [0.5, 0.6) is 5.75 Å². The van der Waals surface area contributed by atoms with Gasteiger partial charge in [-0.1, -0.05) is 18.2 Å². The van der Waals surface area contributed by atoms with Crippen LogP contribution in [0.15, 0.2) is 54.9 Å². The van der Waals surface area contributed by atoms with Gasteiger partial charge in [0.2, 0.25) is 5.91 Å².